The molecule has 6 nitrogen and oxygen atoms in total. The number of anilines is 1. The molecule has 0 atom stereocenters. The molecule has 5 aromatic rings. The molecule has 0 saturated heterocycles. The molecule has 0 aliphatic carbocycles. The zero-order chi connectivity index (χ0) is 18.4. The van der Waals surface area contributed by atoms with E-state index in [1.807, 2.05) is 30.3 Å². The summed E-state index contributed by atoms with van der Waals surface area (Å²) < 4.78 is 15.4. The summed E-state index contributed by atoms with van der Waals surface area (Å²) in [5.74, 6) is 0.874. The van der Waals surface area contributed by atoms with E-state index in [1.165, 1.54) is 12.1 Å². The van der Waals surface area contributed by atoms with Crippen LogP contribution in [-0.2, 0) is 6.42 Å². The SMILES string of the molecule is Nc1ccn2nc(-c3cccc(F)c3)c(Cc3nc4ccccc4[nH]3)c2n1. The van der Waals surface area contributed by atoms with E-state index in [1.54, 1.807) is 22.8 Å². The molecular formula is C20H15FN6. The number of aromatic amines is 1. The number of fused-ring (bicyclic) bond motifs is 2. The average Bonchev–Trinajstić information content (AvgIpc) is 3.23. The molecule has 0 radical (unpaired) electrons. The summed E-state index contributed by atoms with van der Waals surface area (Å²) in [4.78, 5) is 12.4. The minimum atomic E-state index is -0.313. The van der Waals surface area contributed by atoms with Crippen LogP contribution in [0.25, 0.3) is 27.9 Å². The van der Waals surface area contributed by atoms with Crippen LogP contribution in [0.3, 0.4) is 0 Å². The highest BCUT2D eigenvalue weighted by molar-refractivity contribution is 5.76. The summed E-state index contributed by atoms with van der Waals surface area (Å²) in [7, 11) is 0. The van der Waals surface area contributed by atoms with Crippen LogP contribution in [0, 0.1) is 5.82 Å². The van der Waals surface area contributed by atoms with Gasteiger partial charge >= 0.3 is 0 Å². The Morgan fingerprint density at radius 2 is 1.93 bits per heavy atom. The number of nitrogens with zero attached hydrogens (tertiary/aromatic N) is 4. The van der Waals surface area contributed by atoms with E-state index >= 15 is 0 Å². The predicted octanol–water partition coefficient (Wildman–Crippen LogP) is 3.58. The van der Waals surface area contributed by atoms with Gasteiger partial charge in [0.05, 0.1) is 16.7 Å². The number of imidazole rings is 1. The van der Waals surface area contributed by atoms with Crippen LogP contribution in [-0.4, -0.2) is 24.6 Å². The third-order valence-electron chi connectivity index (χ3n) is 4.48. The fourth-order valence-electron chi connectivity index (χ4n) is 3.28. The Kier molecular flexibility index (Phi) is 3.39. The average molecular weight is 358 g/mol. The number of para-hydroxylation sites is 2. The molecule has 132 valence electrons. The van der Waals surface area contributed by atoms with Gasteiger partial charge in [0.1, 0.15) is 17.5 Å². The molecule has 0 fully saturated rings. The first-order chi connectivity index (χ1) is 13.2. The summed E-state index contributed by atoms with van der Waals surface area (Å²) in [5.41, 5.74) is 10.6. The van der Waals surface area contributed by atoms with E-state index in [4.69, 9.17) is 5.73 Å². The minimum Gasteiger partial charge on any atom is -0.384 e. The maximum Gasteiger partial charge on any atom is 0.161 e. The van der Waals surface area contributed by atoms with Gasteiger partial charge in [-0.2, -0.15) is 5.10 Å². The van der Waals surface area contributed by atoms with E-state index in [0.717, 1.165) is 22.4 Å². The molecule has 2 aromatic carbocycles. The number of rotatable bonds is 3. The highest BCUT2D eigenvalue weighted by atomic mass is 19.1. The minimum absolute atomic E-state index is 0.313. The molecule has 0 aliphatic heterocycles. The van der Waals surface area contributed by atoms with Gasteiger partial charge in [0.15, 0.2) is 5.65 Å². The van der Waals surface area contributed by atoms with Crippen LogP contribution >= 0.6 is 0 Å². The Labute approximate surface area is 153 Å². The Morgan fingerprint density at radius 3 is 2.78 bits per heavy atom. The number of nitrogen functional groups attached to an aromatic ring is 1. The third kappa shape index (κ3) is 2.69. The summed E-state index contributed by atoms with van der Waals surface area (Å²) in [5, 5.41) is 4.61. The molecule has 0 unspecified atom stereocenters. The van der Waals surface area contributed by atoms with E-state index in [2.05, 4.69) is 20.1 Å². The number of nitrogens with one attached hydrogen (secondary N) is 1. The lowest BCUT2D eigenvalue weighted by Gasteiger charge is -2.02. The quantitative estimate of drug-likeness (QED) is 0.516. The maximum atomic E-state index is 13.8. The summed E-state index contributed by atoms with van der Waals surface area (Å²) in [6.45, 7) is 0. The van der Waals surface area contributed by atoms with Crippen LogP contribution in [0.2, 0.25) is 0 Å². The zero-order valence-electron chi connectivity index (χ0n) is 14.2. The van der Waals surface area contributed by atoms with Crippen molar-refractivity contribution < 1.29 is 4.39 Å². The first-order valence-corrected chi connectivity index (χ1v) is 8.51. The molecule has 27 heavy (non-hydrogen) atoms. The number of nitrogens with two attached hydrogens (primary N) is 1. The largest absolute Gasteiger partial charge is 0.384 e. The second kappa shape index (κ2) is 5.91. The second-order valence-electron chi connectivity index (χ2n) is 6.34. The van der Waals surface area contributed by atoms with Crippen molar-refractivity contribution in [2.24, 2.45) is 0 Å². The fraction of sp³-hybridized carbons (Fsp3) is 0.0500. The number of hydrogen-bond donors (Lipinski definition) is 2. The Balaban J connectivity index is 1.70. The monoisotopic (exact) mass is 358 g/mol. The Bertz CT molecular complexity index is 1250. The lowest BCUT2D eigenvalue weighted by Crippen LogP contribution is -1.97. The maximum absolute atomic E-state index is 13.8. The van der Waals surface area contributed by atoms with E-state index in [9.17, 15) is 4.39 Å². The second-order valence-corrected chi connectivity index (χ2v) is 6.34. The molecule has 0 spiro atoms. The van der Waals surface area contributed by atoms with Gasteiger partial charge < -0.3 is 10.7 Å². The lowest BCUT2D eigenvalue weighted by atomic mass is 10.1. The number of halogens is 1. The van der Waals surface area contributed by atoms with Crippen LogP contribution in [0.4, 0.5) is 10.2 Å². The highest BCUT2D eigenvalue weighted by Gasteiger charge is 2.18. The molecule has 3 aromatic heterocycles. The van der Waals surface area contributed by atoms with Crippen LogP contribution in [0.5, 0.6) is 0 Å². The Hall–Kier alpha value is -3.74. The smallest absolute Gasteiger partial charge is 0.161 e. The van der Waals surface area contributed by atoms with Gasteiger partial charge in [-0.1, -0.05) is 24.3 Å². The molecule has 7 heteroatoms. The molecule has 5 rings (SSSR count). The standard InChI is InChI=1S/C20H15FN6/c21-13-5-3-4-12(10-13)19-14(20-25-17(22)8-9-27(20)26-19)11-18-23-15-6-1-2-7-16(15)24-18/h1-10H,11H2,(H2,22,25)(H,23,24). The summed E-state index contributed by atoms with van der Waals surface area (Å²) >= 11 is 0. The number of H-pyrrole nitrogens is 1. The topological polar surface area (TPSA) is 84.9 Å². The van der Waals surface area contributed by atoms with Crippen molar-refractivity contribution in [2.75, 3.05) is 5.73 Å². The first-order valence-electron chi connectivity index (χ1n) is 8.51. The summed E-state index contributed by atoms with van der Waals surface area (Å²) in [6, 6.07) is 15.9. The van der Waals surface area contributed by atoms with Gasteiger partial charge in [-0.25, -0.2) is 18.9 Å². The van der Waals surface area contributed by atoms with Crippen LogP contribution in [0.1, 0.15) is 11.4 Å². The lowest BCUT2D eigenvalue weighted by molar-refractivity contribution is 0.628. The first kappa shape index (κ1) is 15.5. The van der Waals surface area contributed by atoms with Gasteiger partial charge in [0, 0.05) is 23.7 Å². The van der Waals surface area contributed by atoms with Crippen molar-refractivity contribution in [3.8, 4) is 11.3 Å². The van der Waals surface area contributed by atoms with Gasteiger partial charge in [-0.3, -0.25) is 0 Å². The normalized spacial score (nSPS) is 11.4. The molecule has 0 aliphatic rings. The number of aromatic nitrogens is 5. The molecule has 3 N–H and O–H groups in total. The van der Waals surface area contributed by atoms with E-state index in [-0.39, 0.29) is 5.82 Å². The van der Waals surface area contributed by atoms with Crippen molar-refractivity contribution in [2.45, 2.75) is 6.42 Å². The van der Waals surface area contributed by atoms with Crippen molar-refractivity contribution in [1.29, 1.82) is 0 Å². The summed E-state index contributed by atoms with van der Waals surface area (Å²) in [6.07, 6.45) is 2.23. The number of hydrogen-bond acceptors (Lipinski definition) is 4. The zero-order valence-corrected chi connectivity index (χ0v) is 14.2. The molecular weight excluding hydrogens is 343 g/mol. The van der Waals surface area contributed by atoms with E-state index in [0.29, 0.717) is 29.1 Å². The molecule has 3 heterocycles. The van der Waals surface area contributed by atoms with Crippen LogP contribution < -0.4 is 5.73 Å². The van der Waals surface area contributed by atoms with E-state index < -0.39 is 0 Å². The Morgan fingerprint density at radius 1 is 1.04 bits per heavy atom. The van der Waals surface area contributed by atoms with Crippen molar-refractivity contribution >= 4 is 22.5 Å². The predicted molar refractivity (Wildman–Crippen MR) is 102 cm³/mol. The van der Waals surface area contributed by atoms with Crippen molar-refractivity contribution in [1.82, 2.24) is 24.6 Å². The molecule has 0 saturated carbocycles. The van der Waals surface area contributed by atoms with Gasteiger partial charge in [0.2, 0.25) is 0 Å². The third-order valence-corrected chi connectivity index (χ3v) is 4.48. The molecule has 0 amide bonds. The highest BCUT2D eigenvalue weighted by Crippen LogP contribution is 2.28. The van der Waals surface area contributed by atoms with Gasteiger partial charge in [-0.15, -0.1) is 0 Å². The fourth-order valence-corrected chi connectivity index (χ4v) is 3.28. The van der Waals surface area contributed by atoms with Crippen molar-refractivity contribution in [3.63, 3.8) is 0 Å². The molecule has 0 bridgehead atoms. The number of benzene rings is 2. The van der Waals surface area contributed by atoms with Gasteiger partial charge in [0.25, 0.3) is 0 Å². The van der Waals surface area contributed by atoms with Gasteiger partial charge in [-0.05, 0) is 30.3 Å². The van der Waals surface area contributed by atoms with Crippen LogP contribution in [0.15, 0.2) is 60.8 Å². The van der Waals surface area contributed by atoms with Crippen molar-refractivity contribution in [3.05, 3.63) is 78.0 Å².